The minimum atomic E-state index is -0.190. The first kappa shape index (κ1) is 19.8. The minimum Gasteiger partial charge on any atom is -0.497 e. The van der Waals surface area contributed by atoms with Gasteiger partial charge in [-0.2, -0.15) is 15.0 Å². The zero-order valence-corrected chi connectivity index (χ0v) is 16.8. The molecule has 4 rings (SSSR count). The number of halogens is 1. The van der Waals surface area contributed by atoms with Crippen molar-refractivity contribution in [1.29, 1.82) is 0 Å². The van der Waals surface area contributed by atoms with Gasteiger partial charge in [-0.25, -0.2) is 4.39 Å². The summed E-state index contributed by atoms with van der Waals surface area (Å²) < 4.78 is 19.3. The number of ether oxygens (including phenoxy) is 1. The molecule has 8 nitrogen and oxygen atoms in total. The fourth-order valence-corrected chi connectivity index (χ4v) is 3.45. The molecule has 0 radical (unpaired) electrons. The fourth-order valence-electron chi connectivity index (χ4n) is 3.45. The SMILES string of the molecule is COc1cccc(Nc2nc(N)nc(CN3CCN(c4ccccc4F)CC3)n2)c1. The first-order valence-corrected chi connectivity index (χ1v) is 9.74. The number of nitrogen functional groups attached to an aromatic ring is 1. The Morgan fingerprint density at radius 3 is 2.60 bits per heavy atom. The third-order valence-corrected chi connectivity index (χ3v) is 4.96. The molecule has 0 amide bonds. The highest BCUT2D eigenvalue weighted by molar-refractivity contribution is 5.56. The highest BCUT2D eigenvalue weighted by atomic mass is 19.1. The van der Waals surface area contributed by atoms with E-state index in [0.717, 1.165) is 37.6 Å². The largest absolute Gasteiger partial charge is 0.497 e. The van der Waals surface area contributed by atoms with E-state index in [1.807, 2.05) is 36.4 Å². The number of aromatic nitrogens is 3. The Labute approximate surface area is 174 Å². The van der Waals surface area contributed by atoms with Crippen LogP contribution in [0.4, 0.5) is 27.7 Å². The molecule has 30 heavy (non-hydrogen) atoms. The molecule has 0 atom stereocenters. The summed E-state index contributed by atoms with van der Waals surface area (Å²) in [6, 6.07) is 14.3. The molecule has 156 valence electrons. The molecule has 1 aliphatic heterocycles. The Balaban J connectivity index is 1.40. The normalized spacial score (nSPS) is 14.5. The van der Waals surface area contributed by atoms with Crippen LogP contribution < -0.4 is 20.7 Å². The van der Waals surface area contributed by atoms with Crippen LogP contribution in [0.2, 0.25) is 0 Å². The molecular weight excluding hydrogens is 385 g/mol. The number of para-hydroxylation sites is 1. The van der Waals surface area contributed by atoms with E-state index < -0.39 is 0 Å². The first-order valence-electron chi connectivity index (χ1n) is 9.74. The van der Waals surface area contributed by atoms with Crippen LogP contribution in [0.1, 0.15) is 5.82 Å². The Morgan fingerprint density at radius 1 is 1.03 bits per heavy atom. The van der Waals surface area contributed by atoms with Gasteiger partial charge in [0.1, 0.15) is 17.4 Å². The number of anilines is 4. The third kappa shape index (κ3) is 4.74. The summed E-state index contributed by atoms with van der Waals surface area (Å²) >= 11 is 0. The van der Waals surface area contributed by atoms with Gasteiger partial charge in [0.2, 0.25) is 11.9 Å². The lowest BCUT2D eigenvalue weighted by molar-refractivity contribution is 0.243. The number of nitrogens with one attached hydrogen (secondary N) is 1. The van der Waals surface area contributed by atoms with Crippen LogP contribution in [0.3, 0.4) is 0 Å². The van der Waals surface area contributed by atoms with E-state index in [1.54, 1.807) is 13.2 Å². The van der Waals surface area contributed by atoms with E-state index in [0.29, 0.717) is 24.0 Å². The van der Waals surface area contributed by atoms with E-state index in [4.69, 9.17) is 10.5 Å². The second kappa shape index (κ2) is 8.91. The van der Waals surface area contributed by atoms with Crippen molar-refractivity contribution in [3.63, 3.8) is 0 Å². The highest BCUT2D eigenvalue weighted by Gasteiger charge is 2.20. The molecule has 2 aromatic carbocycles. The van der Waals surface area contributed by atoms with Crippen molar-refractivity contribution in [3.8, 4) is 5.75 Å². The van der Waals surface area contributed by atoms with Gasteiger partial charge in [-0.15, -0.1) is 0 Å². The second-order valence-electron chi connectivity index (χ2n) is 7.01. The molecule has 0 aliphatic carbocycles. The smallest absolute Gasteiger partial charge is 0.232 e. The van der Waals surface area contributed by atoms with Crippen molar-refractivity contribution in [2.45, 2.75) is 6.54 Å². The van der Waals surface area contributed by atoms with Crippen molar-refractivity contribution in [1.82, 2.24) is 19.9 Å². The molecule has 2 heterocycles. The van der Waals surface area contributed by atoms with Gasteiger partial charge in [0, 0.05) is 37.9 Å². The van der Waals surface area contributed by atoms with Crippen LogP contribution in [-0.4, -0.2) is 53.1 Å². The van der Waals surface area contributed by atoms with Gasteiger partial charge in [0.05, 0.1) is 19.3 Å². The minimum absolute atomic E-state index is 0.162. The summed E-state index contributed by atoms with van der Waals surface area (Å²) in [6.07, 6.45) is 0. The molecule has 0 saturated carbocycles. The fraction of sp³-hybridized carbons (Fsp3) is 0.286. The Bertz CT molecular complexity index is 1010. The molecule has 3 aromatic rings. The molecule has 1 aromatic heterocycles. The molecule has 1 aliphatic rings. The predicted octanol–water partition coefficient (Wildman–Crippen LogP) is 2.67. The van der Waals surface area contributed by atoms with Crippen molar-refractivity contribution < 1.29 is 9.13 Å². The van der Waals surface area contributed by atoms with E-state index >= 15 is 0 Å². The summed E-state index contributed by atoms with van der Waals surface area (Å²) in [7, 11) is 1.62. The van der Waals surface area contributed by atoms with Gasteiger partial charge >= 0.3 is 0 Å². The van der Waals surface area contributed by atoms with Crippen LogP contribution in [0.25, 0.3) is 0 Å². The number of nitrogens with two attached hydrogens (primary N) is 1. The summed E-state index contributed by atoms with van der Waals surface area (Å²) in [5.74, 6) is 1.68. The topological polar surface area (TPSA) is 92.4 Å². The predicted molar refractivity (Wildman–Crippen MR) is 114 cm³/mol. The Hall–Kier alpha value is -3.46. The van der Waals surface area contributed by atoms with Crippen LogP contribution in [-0.2, 0) is 6.54 Å². The number of methoxy groups -OCH3 is 1. The summed E-state index contributed by atoms with van der Waals surface area (Å²) in [4.78, 5) is 17.2. The summed E-state index contributed by atoms with van der Waals surface area (Å²) in [5, 5.41) is 3.14. The quantitative estimate of drug-likeness (QED) is 0.642. The van der Waals surface area contributed by atoms with E-state index in [2.05, 4.69) is 30.1 Å². The van der Waals surface area contributed by atoms with E-state index in [9.17, 15) is 4.39 Å². The maximum absolute atomic E-state index is 14.0. The van der Waals surface area contributed by atoms with Crippen LogP contribution in [0.15, 0.2) is 48.5 Å². The van der Waals surface area contributed by atoms with Crippen molar-refractivity contribution >= 4 is 23.3 Å². The summed E-state index contributed by atoms with van der Waals surface area (Å²) in [5.41, 5.74) is 7.33. The average molecular weight is 409 g/mol. The molecule has 0 unspecified atom stereocenters. The number of nitrogens with zero attached hydrogens (tertiary/aromatic N) is 5. The monoisotopic (exact) mass is 409 g/mol. The second-order valence-corrected chi connectivity index (χ2v) is 7.01. The molecule has 1 saturated heterocycles. The van der Waals surface area contributed by atoms with E-state index in [-0.39, 0.29) is 11.8 Å². The van der Waals surface area contributed by atoms with E-state index in [1.165, 1.54) is 6.07 Å². The lowest BCUT2D eigenvalue weighted by Crippen LogP contribution is -2.46. The number of hydrogen-bond acceptors (Lipinski definition) is 8. The molecule has 0 spiro atoms. The first-order chi connectivity index (χ1) is 14.6. The van der Waals surface area contributed by atoms with Crippen LogP contribution >= 0.6 is 0 Å². The van der Waals surface area contributed by atoms with Crippen LogP contribution in [0.5, 0.6) is 5.75 Å². The van der Waals surface area contributed by atoms with Gasteiger partial charge in [0.25, 0.3) is 0 Å². The van der Waals surface area contributed by atoms with Crippen molar-refractivity contribution in [2.75, 3.05) is 49.2 Å². The van der Waals surface area contributed by atoms with Gasteiger partial charge in [-0.05, 0) is 24.3 Å². The molecule has 3 N–H and O–H groups in total. The van der Waals surface area contributed by atoms with Crippen molar-refractivity contribution in [3.05, 3.63) is 60.2 Å². The highest BCUT2D eigenvalue weighted by Crippen LogP contribution is 2.22. The Morgan fingerprint density at radius 2 is 1.83 bits per heavy atom. The van der Waals surface area contributed by atoms with Crippen LogP contribution in [0, 0.1) is 5.82 Å². The lowest BCUT2D eigenvalue weighted by Gasteiger charge is -2.35. The Kier molecular flexibility index (Phi) is 5.89. The number of benzene rings is 2. The molecule has 0 bridgehead atoms. The zero-order valence-electron chi connectivity index (χ0n) is 16.8. The summed E-state index contributed by atoms with van der Waals surface area (Å²) in [6.45, 7) is 3.56. The molecule has 1 fully saturated rings. The maximum atomic E-state index is 14.0. The lowest BCUT2D eigenvalue weighted by atomic mass is 10.2. The zero-order chi connectivity index (χ0) is 20.9. The maximum Gasteiger partial charge on any atom is 0.232 e. The number of rotatable bonds is 6. The van der Waals surface area contributed by atoms with Crippen molar-refractivity contribution in [2.24, 2.45) is 0 Å². The average Bonchev–Trinajstić information content (AvgIpc) is 2.74. The van der Waals surface area contributed by atoms with Gasteiger partial charge < -0.3 is 20.7 Å². The van der Waals surface area contributed by atoms with Gasteiger partial charge in [-0.1, -0.05) is 18.2 Å². The number of piperazine rings is 1. The standard InChI is InChI=1S/C21H24FN7O/c1-30-16-6-4-5-15(13-16)24-21-26-19(25-20(23)27-21)14-28-9-11-29(12-10-28)18-8-3-2-7-17(18)22/h2-8,13H,9-12,14H2,1H3,(H3,23,24,25,26,27). The molecular formula is C21H24FN7O. The third-order valence-electron chi connectivity index (χ3n) is 4.96. The molecule has 9 heteroatoms. The van der Waals surface area contributed by atoms with Gasteiger partial charge in [0.15, 0.2) is 0 Å². The van der Waals surface area contributed by atoms with Gasteiger partial charge in [-0.3, -0.25) is 4.90 Å². The number of hydrogen-bond donors (Lipinski definition) is 2.